The predicted molar refractivity (Wildman–Crippen MR) is 50.4 cm³/mol. The summed E-state index contributed by atoms with van der Waals surface area (Å²) in [7, 11) is 0. The lowest BCUT2D eigenvalue weighted by Gasteiger charge is -2.37. The average molecular weight is 218 g/mol. The van der Waals surface area contributed by atoms with Crippen molar-refractivity contribution in [2.24, 2.45) is 22.7 Å². The lowest BCUT2D eigenvalue weighted by Crippen LogP contribution is -3.00. The standard InChI is InChI=1S/C11H18O2.ClH/c1-10(2)7-4-5-11(10,3)8(6-7)9(12)13;/h7-8H,4-6H2,1-3H3,(H,12,13);1H/p-1. The van der Waals surface area contributed by atoms with Gasteiger partial charge < -0.3 is 17.5 Å². The molecule has 14 heavy (non-hydrogen) atoms. The molecule has 0 spiro atoms. The molecule has 1 N–H and O–H groups in total. The minimum absolute atomic E-state index is 0. The number of carboxylic acid groups (broad SMARTS) is 1. The van der Waals surface area contributed by atoms with Crippen LogP contribution in [0.25, 0.3) is 0 Å². The Morgan fingerprint density at radius 2 is 1.93 bits per heavy atom. The number of fused-ring (bicyclic) bond motifs is 2. The second-order valence-electron chi connectivity index (χ2n) is 5.50. The van der Waals surface area contributed by atoms with Gasteiger partial charge in [-0.1, -0.05) is 20.8 Å². The van der Waals surface area contributed by atoms with Gasteiger partial charge in [0.05, 0.1) is 5.92 Å². The van der Waals surface area contributed by atoms with Crippen molar-refractivity contribution in [3.63, 3.8) is 0 Å². The quantitative estimate of drug-likeness (QED) is 0.646. The Balaban J connectivity index is 0.000000980. The molecular formula is C11H18ClO2-. The van der Waals surface area contributed by atoms with Gasteiger partial charge in [0.1, 0.15) is 0 Å². The Morgan fingerprint density at radius 3 is 2.14 bits per heavy atom. The first kappa shape index (κ1) is 11.8. The summed E-state index contributed by atoms with van der Waals surface area (Å²) in [4.78, 5) is 11.1. The van der Waals surface area contributed by atoms with Crippen molar-refractivity contribution in [3.8, 4) is 0 Å². The minimum Gasteiger partial charge on any atom is -1.00 e. The van der Waals surface area contributed by atoms with E-state index in [1.807, 2.05) is 0 Å². The maximum atomic E-state index is 11.1. The van der Waals surface area contributed by atoms with Crippen LogP contribution in [0.4, 0.5) is 0 Å². The van der Waals surface area contributed by atoms with Crippen LogP contribution < -0.4 is 12.4 Å². The van der Waals surface area contributed by atoms with Crippen LogP contribution in [-0.2, 0) is 4.79 Å². The average Bonchev–Trinajstić information content (AvgIpc) is 2.34. The summed E-state index contributed by atoms with van der Waals surface area (Å²) in [6.07, 6.45) is 3.23. The molecule has 0 aliphatic heterocycles. The van der Waals surface area contributed by atoms with Gasteiger partial charge in [-0.05, 0) is 36.0 Å². The SMILES string of the molecule is CC1(C)C2CCC1(C)C(C(=O)O)C2.[Cl-]. The van der Waals surface area contributed by atoms with Crippen molar-refractivity contribution in [1.82, 2.24) is 0 Å². The zero-order chi connectivity index (χ0) is 9.85. The Labute approximate surface area is 91.5 Å². The molecule has 2 rings (SSSR count). The van der Waals surface area contributed by atoms with Crippen LogP contribution in [0.5, 0.6) is 0 Å². The van der Waals surface area contributed by atoms with Crippen LogP contribution >= 0.6 is 0 Å². The first-order chi connectivity index (χ1) is 5.89. The van der Waals surface area contributed by atoms with Crippen LogP contribution in [0.15, 0.2) is 0 Å². The number of carboxylic acids is 1. The fourth-order valence-corrected chi connectivity index (χ4v) is 3.58. The zero-order valence-electron chi connectivity index (χ0n) is 9.01. The van der Waals surface area contributed by atoms with Crippen LogP contribution in [0, 0.1) is 22.7 Å². The highest BCUT2D eigenvalue weighted by molar-refractivity contribution is 5.72. The number of halogens is 1. The molecule has 0 aromatic heterocycles. The summed E-state index contributed by atoms with van der Waals surface area (Å²) in [5.74, 6) is -0.0439. The van der Waals surface area contributed by atoms with E-state index in [0.717, 1.165) is 12.8 Å². The molecule has 0 radical (unpaired) electrons. The van der Waals surface area contributed by atoms with Gasteiger partial charge in [-0.25, -0.2) is 0 Å². The minimum atomic E-state index is -0.585. The molecule has 0 aromatic rings. The molecule has 82 valence electrons. The lowest BCUT2D eigenvalue weighted by molar-refractivity contribution is -0.147. The fourth-order valence-electron chi connectivity index (χ4n) is 3.58. The fraction of sp³-hybridized carbons (Fsp3) is 0.909. The van der Waals surface area contributed by atoms with Crippen molar-refractivity contribution in [3.05, 3.63) is 0 Å². The van der Waals surface area contributed by atoms with Gasteiger partial charge in [-0.15, -0.1) is 0 Å². The number of carbonyl (C=O) groups is 1. The Kier molecular flexibility index (Phi) is 2.64. The summed E-state index contributed by atoms with van der Waals surface area (Å²) < 4.78 is 0. The highest BCUT2D eigenvalue weighted by Gasteiger charge is 2.63. The third-order valence-electron chi connectivity index (χ3n) is 5.09. The van der Waals surface area contributed by atoms with E-state index in [2.05, 4.69) is 20.8 Å². The van der Waals surface area contributed by atoms with E-state index >= 15 is 0 Å². The Morgan fingerprint density at radius 1 is 1.36 bits per heavy atom. The van der Waals surface area contributed by atoms with Gasteiger partial charge in [0.2, 0.25) is 0 Å². The molecule has 2 aliphatic carbocycles. The van der Waals surface area contributed by atoms with Crippen molar-refractivity contribution < 1.29 is 22.3 Å². The Bertz CT molecular complexity index is 262. The third-order valence-corrected chi connectivity index (χ3v) is 5.09. The molecule has 3 unspecified atom stereocenters. The van der Waals surface area contributed by atoms with Crippen molar-refractivity contribution in [1.29, 1.82) is 0 Å². The summed E-state index contributed by atoms with van der Waals surface area (Å²) in [5, 5.41) is 9.13. The Hall–Kier alpha value is -0.240. The summed E-state index contributed by atoms with van der Waals surface area (Å²) in [6, 6.07) is 0. The monoisotopic (exact) mass is 217 g/mol. The molecule has 2 bridgehead atoms. The second-order valence-corrected chi connectivity index (χ2v) is 5.50. The van der Waals surface area contributed by atoms with Crippen LogP contribution in [0.2, 0.25) is 0 Å². The number of rotatable bonds is 1. The van der Waals surface area contributed by atoms with Gasteiger partial charge in [0.15, 0.2) is 0 Å². The molecule has 0 amide bonds. The van der Waals surface area contributed by atoms with Crippen molar-refractivity contribution >= 4 is 5.97 Å². The van der Waals surface area contributed by atoms with Crippen LogP contribution in [-0.4, -0.2) is 11.1 Å². The van der Waals surface area contributed by atoms with E-state index in [4.69, 9.17) is 5.11 Å². The predicted octanol–water partition coefficient (Wildman–Crippen LogP) is -0.463. The first-order valence-corrected chi connectivity index (χ1v) is 5.12. The molecule has 2 aliphatic rings. The van der Waals surface area contributed by atoms with E-state index in [0.29, 0.717) is 5.92 Å². The van der Waals surface area contributed by atoms with Crippen LogP contribution in [0.1, 0.15) is 40.0 Å². The summed E-state index contributed by atoms with van der Waals surface area (Å²) >= 11 is 0. The van der Waals surface area contributed by atoms with Crippen LogP contribution in [0.3, 0.4) is 0 Å². The molecule has 0 heterocycles. The maximum Gasteiger partial charge on any atom is 0.307 e. The molecule has 2 saturated carbocycles. The largest absolute Gasteiger partial charge is 1.00 e. The van der Waals surface area contributed by atoms with E-state index in [1.54, 1.807) is 0 Å². The van der Waals surface area contributed by atoms with Gasteiger partial charge in [0.25, 0.3) is 0 Å². The highest BCUT2D eigenvalue weighted by atomic mass is 35.5. The lowest BCUT2D eigenvalue weighted by atomic mass is 9.67. The number of aliphatic carboxylic acids is 1. The summed E-state index contributed by atoms with van der Waals surface area (Å²) in [6.45, 7) is 6.65. The zero-order valence-corrected chi connectivity index (χ0v) is 9.77. The normalized spacial score (nSPS) is 43.4. The molecular weight excluding hydrogens is 200 g/mol. The van der Waals surface area contributed by atoms with E-state index < -0.39 is 5.97 Å². The number of hydrogen-bond donors (Lipinski definition) is 1. The summed E-state index contributed by atoms with van der Waals surface area (Å²) in [5.41, 5.74) is 0.277. The highest BCUT2D eigenvalue weighted by Crippen LogP contribution is 2.68. The molecule has 3 atom stereocenters. The molecule has 2 fully saturated rings. The molecule has 0 aromatic carbocycles. The van der Waals surface area contributed by atoms with Gasteiger partial charge in [0, 0.05) is 0 Å². The topological polar surface area (TPSA) is 37.3 Å². The van der Waals surface area contributed by atoms with E-state index in [1.165, 1.54) is 6.42 Å². The maximum absolute atomic E-state index is 11.1. The van der Waals surface area contributed by atoms with Gasteiger partial charge in [-0.3, -0.25) is 4.79 Å². The number of hydrogen-bond acceptors (Lipinski definition) is 1. The van der Waals surface area contributed by atoms with Gasteiger partial charge >= 0.3 is 5.97 Å². The van der Waals surface area contributed by atoms with Crippen molar-refractivity contribution in [2.75, 3.05) is 0 Å². The smallest absolute Gasteiger partial charge is 0.307 e. The van der Waals surface area contributed by atoms with Crippen molar-refractivity contribution in [2.45, 2.75) is 40.0 Å². The second kappa shape index (κ2) is 3.13. The first-order valence-electron chi connectivity index (χ1n) is 5.12. The van der Waals surface area contributed by atoms with E-state index in [-0.39, 0.29) is 29.2 Å². The molecule has 3 heteroatoms. The van der Waals surface area contributed by atoms with Gasteiger partial charge in [-0.2, -0.15) is 0 Å². The third kappa shape index (κ3) is 1.13. The molecule has 0 saturated heterocycles. The molecule has 2 nitrogen and oxygen atoms in total. The van der Waals surface area contributed by atoms with E-state index in [9.17, 15) is 4.79 Å².